The van der Waals surface area contributed by atoms with Gasteiger partial charge in [0.25, 0.3) is 0 Å². The molecular weight excluding hydrogens is 268 g/mol. The molecule has 0 saturated heterocycles. The summed E-state index contributed by atoms with van der Waals surface area (Å²) in [5.41, 5.74) is 2.09. The van der Waals surface area contributed by atoms with Gasteiger partial charge in [-0.05, 0) is 24.3 Å². The molecule has 0 bridgehead atoms. The van der Waals surface area contributed by atoms with Crippen molar-refractivity contribution in [2.45, 2.75) is 6.54 Å². The molecule has 3 rings (SSSR count). The Kier molecular flexibility index (Phi) is 3.50. The van der Waals surface area contributed by atoms with Crippen LogP contribution in [0.3, 0.4) is 0 Å². The van der Waals surface area contributed by atoms with E-state index in [1.807, 2.05) is 28.8 Å². The highest BCUT2D eigenvalue weighted by atomic mass is 16.5. The second-order valence-corrected chi connectivity index (χ2v) is 4.74. The van der Waals surface area contributed by atoms with E-state index in [1.54, 1.807) is 13.2 Å². The van der Waals surface area contributed by atoms with Gasteiger partial charge in [-0.2, -0.15) is 0 Å². The fraction of sp³-hybridized carbons (Fsp3) is 0.188. The van der Waals surface area contributed by atoms with Crippen LogP contribution in [0.25, 0.3) is 22.4 Å². The molecule has 0 amide bonds. The van der Waals surface area contributed by atoms with E-state index in [1.165, 1.54) is 12.1 Å². The van der Waals surface area contributed by atoms with E-state index in [2.05, 4.69) is 4.98 Å². The molecule has 21 heavy (non-hydrogen) atoms. The van der Waals surface area contributed by atoms with Gasteiger partial charge in [-0.1, -0.05) is 18.2 Å². The first-order chi connectivity index (χ1) is 10.2. The van der Waals surface area contributed by atoms with Gasteiger partial charge in [0, 0.05) is 13.7 Å². The van der Waals surface area contributed by atoms with Gasteiger partial charge in [-0.3, -0.25) is 0 Å². The van der Waals surface area contributed by atoms with Crippen LogP contribution >= 0.6 is 0 Å². The molecule has 2 N–H and O–H groups in total. The van der Waals surface area contributed by atoms with Gasteiger partial charge in [0.05, 0.1) is 17.6 Å². The predicted octanol–water partition coefficient (Wildman–Crippen LogP) is 2.76. The second kappa shape index (κ2) is 5.46. The molecule has 0 fully saturated rings. The Labute approximate surface area is 122 Å². The fourth-order valence-corrected chi connectivity index (χ4v) is 2.43. The minimum absolute atomic E-state index is 0.00368. The minimum Gasteiger partial charge on any atom is -0.507 e. The number of nitrogens with zero attached hydrogens (tertiary/aromatic N) is 2. The van der Waals surface area contributed by atoms with Crippen molar-refractivity contribution in [3.05, 3.63) is 42.5 Å². The number of aromatic nitrogens is 2. The Morgan fingerprint density at radius 3 is 2.48 bits per heavy atom. The Bertz CT molecular complexity index is 760. The highest BCUT2D eigenvalue weighted by molar-refractivity contribution is 5.83. The second-order valence-electron chi connectivity index (χ2n) is 4.74. The molecule has 5 heteroatoms. The predicted molar refractivity (Wildman–Crippen MR) is 80.4 cm³/mol. The smallest absolute Gasteiger partial charge is 0.148 e. The molecule has 0 radical (unpaired) electrons. The first-order valence-electron chi connectivity index (χ1n) is 6.68. The van der Waals surface area contributed by atoms with Gasteiger partial charge in [0.15, 0.2) is 0 Å². The van der Waals surface area contributed by atoms with E-state index in [9.17, 15) is 10.2 Å². The first kappa shape index (κ1) is 13.5. The van der Waals surface area contributed by atoms with E-state index in [0.29, 0.717) is 24.5 Å². The van der Waals surface area contributed by atoms with Crippen LogP contribution < -0.4 is 0 Å². The third-order valence-electron chi connectivity index (χ3n) is 3.42. The van der Waals surface area contributed by atoms with Crippen molar-refractivity contribution in [3.8, 4) is 22.9 Å². The summed E-state index contributed by atoms with van der Waals surface area (Å²) in [5, 5.41) is 20.2. The monoisotopic (exact) mass is 284 g/mol. The number of aromatic hydroxyl groups is 2. The number of para-hydroxylation sites is 2. The Morgan fingerprint density at radius 2 is 1.76 bits per heavy atom. The third-order valence-corrected chi connectivity index (χ3v) is 3.42. The Balaban J connectivity index is 2.26. The molecule has 3 aromatic rings. The van der Waals surface area contributed by atoms with Crippen molar-refractivity contribution < 1.29 is 14.9 Å². The zero-order valence-corrected chi connectivity index (χ0v) is 11.7. The SMILES string of the molecule is COCCn1c(-c2c(O)cccc2O)nc2ccccc21. The van der Waals surface area contributed by atoms with Crippen LogP contribution in [0.4, 0.5) is 0 Å². The molecule has 2 aromatic carbocycles. The van der Waals surface area contributed by atoms with Crippen molar-refractivity contribution in [3.63, 3.8) is 0 Å². The summed E-state index contributed by atoms with van der Waals surface area (Å²) in [6.45, 7) is 1.10. The number of ether oxygens (including phenoxy) is 1. The average Bonchev–Trinajstić information content (AvgIpc) is 2.83. The molecule has 1 aromatic heterocycles. The van der Waals surface area contributed by atoms with Gasteiger partial charge in [0.2, 0.25) is 0 Å². The van der Waals surface area contributed by atoms with E-state index in [0.717, 1.165) is 11.0 Å². The standard InChI is InChI=1S/C16H16N2O3/c1-21-10-9-18-12-6-3-2-5-11(12)17-16(18)15-13(19)7-4-8-14(15)20/h2-8,19-20H,9-10H2,1H3. The summed E-state index contributed by atoms with van der Waals surface area (Å²) in [6.07, 6.45) is 0. The van der Waals surface area contributed by atoms with Gasteiger partial charge in [0.1, 0.15) is 22.9 Å². The lowest BCUT2D eigenvalue weighted by Crippen LogP contribution is -2.06. The normalized spacial score (nSPS) is 11.1. The minimum atomic E-state index is 0.00368. The maximum absolute atomic E-state index is 10.1. The molecule has 0 saturated carbocycles. The number of benzene rings is 2. The lowest BCUT2D eigenvalue weighted by Gasteiger charge is -2.11. The molecule has 0 spiro atoms. The number of hydrogen-bond donors (Lipinski definition) is 2. The quantitative estimate of drug-likeness (QED) is 0.773. The summed E-state index contributed by atoms with van der Waals surface area (Å²) in [6, 6.07) is 12.4. The zero-order valence-electron chi connectivity index (χ0n) is 11.7. The van der Waals surface area contributed by atoms with E-state index < -0.39 is 0 Å². The number of fused-ring (bicyclic) bond motifs is 1. The molecule has 0 unspecified atom stereocenters. The number of phenolic OH excluding ortho intramolecular Hbond substituents is 2. The lowest BCUT2D eigenvalue weighted by molar-refractivity contribution is 0.188. The van der Waals surface area contributed by atoms with Crippen LogP contribution in [0.1, 0.15) is 0 Å². The number of rotatable bonds is 4. The number of phenols is 2. The molecule has 0 aliphatic heterocycles. The van der Waals surface area contributed by atoms with Gasteiger partial charge >= 0.3 is 0 Å². The molecule has 0 aliphatic rings. The van der Waals surface area contributed by atoms with Gasteiger partial charge in [-0.25, -0.2) is 4.98 Å². The highest BCUT2D eigenvalue weighted by Crippen LogP contribution is 2.37. The molecule has 0 aliphatic carbocycles. The third kappa shape index (κ3) is 2.32. The van der Waals surface area contributed by atoms with Crippen LogP contribution in [0.5, 0.6) is 11.5 Å². The number of hydrogen-bond acceptors (Lipinski definition) is 4. The lowest BCUT2D eigenvalue weighted by atomic mass is 10.1. The molecule has 108 valence electrons. The summed E-state index contributed by atoms with van der Waals surface area (Å²) < 4.78 is 7.08. The van der Waals surface area contributed by atoms with Gasteiger partial charge < -0.3 is 19.5 Å². The van der Waals surface area contributed by atoms with Crippen LogP contribution in [0.2, 0.25) is 0 Å². The van der Waals surface area contributed by atoms with Crippen molar-refractivity contribution >= 4 is 11.0 Å². The van der Waals surface area contributed by atoms with Crippen molar-refractivity contribution in [1.82, 2.24) is 9.55 Å². The first-order valence-corrected chi connectivity index (χ1v) is 6.68. The van der Waals surface area contributed by atoms with Crippen LogP contribution in [0, 0.1) is 0 Å². The van der Waals surface area contributed by atoms with E-state index >= 15 is 0 Å². The molecule has 1 heterocycles. The van der Waals surface area contributed by atoms with E-state index in [4.69, 9.17) is 4.74 Å². The fourth-order valence-electron chi connectivity index (χ4n) is 2.43. The number of methoxy groups -OCH3 is 1. The van der Waals surface area contributed by atoms with Crippen molar-refractivity contribution in [2.75, 3.05) is 13.7 Å². The summed E-state index contributed by atoms with van der Waals surface area (Å²) in [4.78, 5) is 4.54. The number of imidazole rings is 1. The maximum atomic E-state index is 10.1. The van der Waals surface area contributed by atoms with Gasteiger partial charge in [-0.15, -0.1) is 0 Å². The molecule has 0 atom stereocenters. The maximum Gasteiger partial charge on any atom is 0.148 e. The summed E-state index contributed by atoms with van der Waals surface area (Å²) >= 11 is 0. The Morgan fingerprint density at radius 1 is 1.05 bits per heavy atom. The van der Waals surface area contributed by atoms with Crippen molar-refractivity contribution in [2.24, 2.45) is 0 Å². The van der Waals surface area contributed by atoms with Crippen LogP contribution in [0.15, 0.2) is 42.5 Å². The van der Waals surface area contributed by atoms with E-state index in [-0.39, 0.29) is 11.5 Å². The van der Waals surface area contributed by atoms with Crippen LogP contribution in [-0.2, 0) is 11.3 Å². The summed E-state index contributed by atoms with van der Waals surface area (Å²) in [7, 11) is 1.64. The molecule has 5 nitrogen and oxygen atoms in total. The highest BCUT2D eigenvalue weighted by Gasteiger charge is 2.18. The molecular formula is C16H16N2O3. The largest absolute Gasteiger partial charge is 0.507 e. The zero-order chi connectivity index (χ0) is 14.8. The van der Waals surface area contributed by atoms with Crippen molar-refractivity contribution in [1.29, 1.82) is 0 Å². The Hall–Kier alpha value is -2.53. The summed E-state index contributed by atoms with van der Waals surface area (Å²) in [5.74, 6) is 0.539. The average molecular weight is 284 g/mol. The topological polar surface area (TPSA) is 67.5 Å². The van der Waals surface area contributed by atoms with Crippen LogP contribution in [-0.4, -0.2) is 33.5 Å².